The molecule has 2 saturated carbocycles. The van der Waals surface area contributed by atoms with E-state index in [-0.39, 0.29) is 22.9 Å². The van der Waals surface area contributed by atoms with Crippen molar-refractivity contribution in [3.05, 3.63) is 0 Å². The monoisotopic (exact) mass is 307 g/mol. The molecule has 22 heavy (non-hydrogen) atoms. The zero-order valence-electron chi connectivity index (χ0n) is 14.9. The molecular weight excluding hydrogens is 274 g/mol. The van der Waals surface area contributed by atoms with Crippen molar-refractivity contribution in [1.82, 2.24) is 4.90 Å². The molecule has 3 atom stereocenters. The van der Waals surface area contributed by atoms with Crippen LogP contribution in [0.2, 0.25) is 0 Å². The van der Waals surface area contributed by atoms with E-state index in [1.807, 2.05) is 0 Å². The van der Waals surface area contributed by atoms with Crippen molar-refractivity contribution in [1.29, 1.82) is 0 Å². The quantitative estimate of drug-likeness (QED) is 0.739. The average Bonchev–Trinajstić information content (AvgIpc) is 2.94. The van der Waals surface area contributed by atoms with E-state index in [2.05, 4.69) is 32.6 Å². The lowest BCUT2D eigenvalue weighted by Crippen LogP contribution is -2.44. The highest BCUT2D eigenvalue weighted by Crippen LogP contribution is 2.63. The summed E-state index contributed by atoms with van der Waals surface area (Å²) in [6, 6.07) is 0. The Kier molecular flexibility index (Phi) is 4.30. The zero-order valence-corrected chi connectivity index (χ0v) is 14.9. The van der Waals surface area contributed by atoms with Gasteiger partial charge in [0, 0.05) is 17.4 Å². The number of carbonyl (C=O) groups excluding carboxylic acids is 1. The Labute approximate surface area is 135 Å². The molecule has 0 aromatic heterocycles. The van der Waals surface area contributed by atoms with Crippen LogP contribution in [0.15, 0.2) is 0 Å². The van der Waals surface area contributed by atoms with Crippen LogP contribution in [0.5, 0.6) is 0 Å². The number of carbonyl (C=O) groups is 1. The number of nitrogens with zero attached hydrogens (tertiary/aromatic N) is 1. The predicted molar refractivity (Wildman–Crippen MR) is 88.6 cm³/mol. The van der Waals surface area contributed by atoms with E-state index < -0.39 is 0 Å². The Hall–Kier alpha value is -0.570. The zero-order chi connectivity index (χ0) is 16.0. The van der Waals surface area contributed by atoms with Gasteiger partial charge in [0.25, 0.3) is 0 Å². The van der Waals surface area contributed by atoms with Gasteiger partial charge in [0.1, 0.15) is 6.10 Å². The first-order chi connectivity index (χ1) is 10.3. The van der Waals surface area contributed by atoms with Gasteiger partial charge in [0.15, 0.2) is 0 Å². The Bertz CT molecular complexity index is 420. The number of fused-ring (bicyclic) bond motifs is 2. The van der Waals surface area contributed by atoms with Crippen LogP contribution in [-0.4, -0.2) is 36.6 Å². The van der Waals surface area contributed by atoms with Crippen LogP contribution >= 0.6 is 0 Å². The fourth-order valence-corrected chi connectivity index (χ4v) is 5.28. The highest BCUT2D eigenvalue weighted by atomic mass is 16.5. The molecule has 0 spiro atoms. The summed E-state index contributed by atoms with van der Waals surface area (Å²) in [7, 11) is 0. The van der Waals surface area contributed by atoms with Crippen molar-refractivity contribution < 1.29 is 9.53 Å². The molecule has 3 fully saturated rings. The highest BCUT2D eigenvalue weighted by molar-refractivity contribution is 5.70. The predicted octanol–water partition coefficient (Wildman–Crippen LogP) is 3.87. The number of ether oxygens (including phenoxy) is 1. The van der Waals surface area contributed by atoms with Crippen LogP contribution in [0.4, 0.5) is 0 Å². The average molecular weight is 307 g/mol. The standard InChI is InChI=1S/C19H33NO2/c1-14-6-10-20(11-7-14)12-8-16(21)22-17-18(2,3)15-5-9-19(17,4)13-15/h14-15,17H,5-13H2,1-4H3/t15-,17-,19+/m0/s1. The molecule has 2 aliphatic carbocycles. The van der Waals surface area contributed by atoms with Gasteiger partial charge in [0.2, 0.25) is 0 Å². The molecule has 0 amide bonds. The summed E-state index contributed by atoms with van der Waals surface area (Å²) < 4.78 is 6.01. The first-order valence-corrected chi connectivity index (χ1v) is 9.23. The molecule has 0 unspecified atom stereocenters. The lowest BCUT2D eigenvalue weighted by atomic mass is 9.70. The normalized spacial score (nSPS) is 38.4. The van der Waals surface area contributed by atoms with Crippen LogP contribution in [0, 0.1) is 22.7 Å². The van der Waals surface area contributed by atoms with Gasteiger partial charge in [-0.25, -0.2) is 0 Å². The van der Waals surface area contributed by atoms with Crippen molar-refractivity contribution in [2.45, 2.75) is 72.3 Å². The van der Waals surface area contributed by atoms with Gasteiger partial charge in [0.05, 0.1) is 6.42 Å². The molecule has 1 heterocycles. The molecular formula is C19H33NO2. The summed E-state index contributed by atoms with van der Waals surface area (Å²) in [5.74, 6) is 1.60. The molecule has 0 N–H and O–H groups in total. The van der Waals surface area contributed by atoms with Gasteiger partial charge in [-0.3, -0.25) is 4.79 Å². The third-order valence-corrected chi connectivity index (χ3v) is 6.90. The van der Waals surface area contributed by atoms with E-state index in [0.717, 1.165) is 31.5 Å². The largest absolute Gasteiger partial charge is 0.461 e. The smallest absolute Gasteiger partial charge is 0.307 e. The highest BCUT2D eigenvalue weighted by Gasteiger charge is 2.61. The van der Waals surface area contributed by atoms with Gasteiger partial charge in [-0.1, -0.05) is 27.7 Å². The van der Waals surface area contributed by atoms with E-state index in [1.54, 1.807) is 0 Å². The van der Waals surface area contributed by atoms with E-state index in [4.69, 9.17) is 4.74 Å². The topological polar surface area (TPSA) is 29.5 Å². The van der Waals surface area contributed by atoms with Crippen molar-refractivity contribution in [2.24, 2.45) is 22.7 Å². The van der Waals surface area contributed by atoms with Crippen molar-refractivity contribution in [3.8, 4) is 0 Å². The fourth-order valence-electron chi connectivity index (χ4n) is 5.28. The summed E-state index contributed by atoms with van der Waals surface area (Å²) in [4.78, 5) is 14.8. The molecule has 126 valence electrons. The number of esters is 1. The second-order valence-corrected chi connectivity index (χ2v) is 9.06. The number of rotatable bonds is 4. The van der Waals surface area contributed by atoms with Crippen LogP contribution in [0.3, 0.4) is 0 Å². The van der Waals surface area contributed by atoms with Crippen molar-refractivity contribution in [3.63, 3.8) is 0 Å². The number of piperidine rings is 1. The van der Waals surface area contributed by atoms with E-state index in [0.29, 0.717) is 6.42 Å². The van der Waals surface area contributed by atoms with Gasteiger partial charge < -0.3 is 9.64 Å². The van der Waals surface area contributed by atoms with E-state index >= 15 is 0 Å². The molecule has 3 aliphatic rings. The van der Waals surface area contributed by atoms with Crippen LogP contribution in [-0.2, 0) is 9.53 Å². The molecule has 3 heteroatoms. The fraction of sp³-hybridized carbons (Fsp3) is 0.947. The number of hydrogen-bond donors (Lipinski definition) is 0. The second-order valence-electron chi connectivity index (χ2n) is 9.06. The summed E-state index contributed by atoms with van der Waals surface area (Å²) in [6.45, 7) is 12.4. The first-order valence-electron chi connectivity index (χ1n) is 9.23. The van der Waals surface area contributed by atoms with Gasteiger partial charge in [-0.2, -0.15) is 0 Å². The maximum Gasteiger partial charge on any atom is 0.307 e. The molecule has 3 rings (SSSR count). The first kappa shape index (κ1) is 16.3. The molecule has 0 aromatic carbocycles. The molecule has 1 saturated heterocycles. The van der Waals surface area contributed by atoms with Gasteiger partial charge in [-0.15, -0.1) is 0 Å². The molecule has 0 aromatic rings. The number of hydrogen-bond acceptors (Lipinski definition) is 3. The summed E-state index contributed by atoms with van der Waals surface area (Å²) >= 11 is 0. The maximum absolute atomic E-state index is 12.4. The Morgan fingerprint density at radius 3 is 2.45 bits per heavy atom. The minimum Gasteiger partial charge on any atom is -0.461 e. The van der Waals surface area contributed by atoms with Crippen LogP contribution < -0.4 is 0 Å². The Balaban J connectivity index is 1.50. The van der Waals surface area contributed by atoms with E-state index in [1.165, 1.54) is 32.1 Å². The molecule has 3 nitrogen and oxygen atoms in total. The number of likely N-dealkylation sites (tertiary alicyclic amines) is 1. The van der Waals surface area contributed by atoms with Gasteiger partial charge in [-0.05, 0) is 57.0 Å². The van der Waals surface area contributed by atoms with Crippen molar-refractivity contribution in [2.75, 3.05) is 19.6 Å². The summed E-state index contributed by atoms with van der Waals surface area (Å²) in [5.41, 5.74) is 0.383. The third kappa shape index (κ3) is 2.93. The third-order valence-electron chi connectivity index (χ3n) is 6.90. The molecule has 0 radical (unpaired) electrons. The second kappa shape index (κ2) is 5.81. The van der Waals surface area contributed by atoms with E-state index in [9.17, 15) is 4.79 Å². The Morgan fingerprint density at radius 2 is 1.86 bits per heavy atom. The summed E-state index contributed by atoms with van der Waals surface area (Å²) in [6.07, 6.45) is 6.98. The molecule has 1 aliphatic heterocycles. The van der Waals surface area contributed by atoms with Crippen LogP contribution in [0.1, 0.15) is 66.2 Å². The van der Waals surface area contributed by atoms with Crippen molar-refractivity contribution >= 4 is 5.97 Å². The SMILES string of the molecule is CC1CCN(CCC(=O)O[C@H]2C(C)(C)[C@H]3CC[C@]2(C)C3)CC1. The van der Waals surface area contributed by atoms with Gasteiger partial charge >= 0.3 is 5.97 Å². The maximum atomic E-state index is 12.4. The minimum absolute atomic E-state index is 0.0190. The minimum atomic E-state index is 0.0190. The summed E-state index contributed by atoms with van der Waals surface area (Å²) in [5, 5.41) is 0. The Morgan fingerprint density at radius 1 is 1.18 bits per heavy atom. The van der Waals surface area contributed by atoms with Crippen LogP contribution in [0.25, 0.3) is 0 Å². The lowest BCUT2D eigenvalue weighted by molar-refractivity contribution is -0.165. The lowest BCUT2D eigenvalue weighted by Gasteiger charge is -2.41. The molecule has 2 bridgehead atoms.